The van der Waals surface area contributed by atoms with Crippen molar-refractivity contribution in [2.45, 2.75) is 25.3 Å². The Labute approximate surface area is 182 Å². The summed E-state index contributed by atoms with van der Waals surface area (Å²) in [6.45, 7) is 3.43. The van der Waals surface area contributed by atoms with Crippen LogP contribution < -0.4 is 15.5 Å². The largest absolute Gasteiger partial charge is 0.374 e. The first-order valence-corrected chi connectivity index (χ1v) is 10.8. The average Bonchev–Trinajstić information content (AvgIpc) is 3.40. The number of hydrogen-bond acceptors (Lipinski definition) is 4. The molecule has 0 unspecified atom stereocenters. The fraction of sp³-hybridized carbons (Fsp3) is 0.391. The summed E-state index contributed by atoms with van der Waals surface area (Å²) in [7, 11) is 2.11. The van der Waals surface area contributed by atoms with Crippen molar-refractivity contribution in [2.24, 2.45) is 0 Å². The molecule has 4 rings (SSSR count). The zero-order chi connectivity index (χ0) is 21.1. The Morgan fingerprint density at radius 3 is 2.60 bits per heavy atom. The van der Waals surface area contributed by atoms with E-state index in [9.17, 15) is 9.59 Å². The number of para-hydroxylation sites is 1. The van der Waals surface area contributed by atoms with E-state index in [4.69, 9.17) is 11.6 Å². The van der Waals surface area contributed by atoms with E-state index < -0.39 is 11.8 Å². The molecule has 2 aliphatic rings. The highest BCUT2D eigenvalue weighted by Crippen LogP contribution is 2.32. The van der Waals surface area contributed by atoms with Gasteiger partial charge in [-0.2, -0.15) is 0 Å². The fourth-order valence-corrected chi connectivity index (χ4v) is 4.50. The third-order valence-corrected chi connectivity index (χ3v) is 6.31. The van der Waals surface area contributed by atoms with Crippen molar-refractivity contribution >= 4 is 34.8 Å². The lowest BCUT2D eigenvalue weighted by Gasteiger charge is -2.28. The molecule has 2 aliphatic heterocycles. The maximum absolute atomic E-state index is 12.4. The molecule has 2 heterocycles. The minimum absolute atomic E-state index is 0.0563. The van der Waals surface area contributed by atoms with Crippen LogP contribution in [0.4, 0.5) is 11.4 Å². The smallest absolute Gasteiger partial charge is 0.313 e. The lowest BCUT2D eigenvalue weighted by molar-refractivity contribution is -0.136. The number of likely N-dealkylation sites (tertiary alicyclic amines) is 1. The van der Waals surface area contributed by atoms with Gasteiger partial charge in [0.25, 0.3) is 0 Å². The van der Waals surface area contributed by atoms with E-state index in [0.29, 0.717) is 17.3 Å². The summed E-state index contributed by atoms with van der Waals surface area (Å²) in [5.74, 6) is -1.36. The minimum atomic E-state index is -0.709. The van der Waals surface area contributed by atoms with Gasteiger partial charge in [0, 0.05) is 25.8 Å². The van der Waals surface area contributed by atoms with Crippen LogP contribution in [-0.4, -0.2) is 49.9 Å². The molecule has 0 radical (unpaired) electrons. The number of anilines is 2. The van der Waals surface area contributed by atoms with Crippen LogP contribution in [0.3, 0.4) is 0 Å². The van der Waals surface area contributed by atoms with Crippen molar-refractivity contribution in [1.29, 1.82) is 0 Å². The summed E-state index contributed by atoms with van der Waals surface area (Å²) in [6.07, 6.45) is 3.36. The molecule has 0 saturated carbocycles. The van der Waals surface area contributed by atoms with Crippen LogP contribution in [0.15, 0.2) is 42.5 Å². The van der Waals surface area contributed by atoms with E-state index in [0.717, 1.165) is 38.9 Å². The number of carbonyl (C=O) groups excluding carboxylic acids is 2. The van der Waals surface area contributed by atoms with Crippen LogP contribution in [0.25, 0.3) is 0 Å². The normalized spacial score (nSPS) is 16.9. The highest BCUT2D eigenvalue weighted by atomic mass is 35.5. The van der Waals surface area contributed by atoms with Gasteiger partial charge in [-0.3, -0.25) is 14.5 Å². The molecular formula is C23H27ClN4O2. The van der Waals surface area contributed by atoms with Crippen LogP contribution in [-0.2, 0) is 16.0 Å². The van der Waals surface area contributed by atoms with Gasteiger partial charge in [-0.1, -0.05) is 35.9 Å². The van der Waals surface area contributed by atoms with Crippen LogP contribution in [0, 0.1) is 0 Å². The van der Waals surface area contributed by atoms with Crippen molar-refractivity contribution in [1.82, 2.24) is 10.2 Å². The topological polar surface area (TPSA) is 64.7 Å². The zero-order valence-corrected chi connectivity index (χ0v) is 17.9. The van der Waals surface area contributed by atoms with Gasteiger partial charge in [0.15, 0.2) is 0 Å². The first-order valence-electron chi connectivity index (χ1n) is 10.4. The van der Waals surface area contributed by atoms with Crippen LogP contribution >= 0.6 is 11.6 Å². The third-order valence-electron chi connectivity index (χ3n) is 5.98. The number of amides is 2. The maximum Gasteiger partial charge on any atom is 0.313 e. The quantitative estimate of drug-likeness (QED) is 0.720. The molecule has 7 heteroatoms. The van der Waals surface area contributed by atoms with Crippen LogP contribution in [0.1, 0.15) is 30.0 Å². The Hall–Kier alpha value is -2.57. The number of rotatable bonds is 5. The molecule has 30 heavy (non-hydrogen) atoms. The van der Waals surface area contributed by atoms with E-state index in [-0.39, 0.29) is 6.04 Å². The van der Waals surface area contributed by atoms with E-state index in [2.05, 4.69) is 45.7 Å². The predicted molar refractivity (Wildman–Crippen MR) is 120 cm³/mol. The Kier molecular flexibility index (Phi) is 6.25. The van der Waals surface area contributed by atoms with Crippen molar-refractivity contribution in [2.75, 3.05) is 43.4 Å². The molecule has 2 amide bonds. The Balaban J connectivity index is 1.44. The molecule has 158 valence electrons. The van der Waals surface area contributed by atoms with Gasteiger partial charge >= 0.3 is 11.8 Å². The summed E-state index contributed by atoms with van der Waals surface area (Å²) >= 11 is 6.07. The molecule has 1 atom stereocenters. The number of nitrogens with zero attached hydrogens (tertiary/aromatic N) is 2. The molecule has 2 N–H and O–H groups in total. The Bertz CT molecular complexity index is 943. The maximum atomic E-state index is 12.4. The van der Waals surface area contributed by atoms with Crippen molar-refractivity contribution in [3.8, 4) is 0 Å². The zero-order valence-electron chi connectivity index (χ0n) is 17.2. The van der Waals surface area contributed by atoms with Crippen LogP contribution in [0.2, 0.25) is 5.02 Å². The summed E-state index contributed by atoms with van der Waals surface area (Å²) < 4.78 is 0. The molecule has 0 aliphatic carbocycles. The number of benzene rings is 2. The van der Waals surface area contributed by atoms with Gasteiger partial charge in [0.2, 0.25) is 0 Å². The SMILES string of the molecule is CN1CCc2cc([C@@H](CNC(=O)C(=O)Nc3ccccc3Cl)N3CCCC3)ccc21. The van der Waals surface area contributed by atoms with Crippen molar-refractivity contribution in [3.05, 3.63) is 58.6 Å². The molecule has 0 bridgehead atoms. The molecular weight excluding hydrogens is 400 g/mol. The highest BCUT2D eigenvalue weighted by molar-refractivity contribution is 6.41. The summed E-state index contributed by atoms with van der Waals surface area (Å²) in [6, 6.07) is 13.5. The molecule has 1 fully saturated rings. The molecule has 2 aromatic rings. The summed E-state index contributed by atoms with van der Waals surface area (Å²) in [5.41, 5.74) is 4.25. The fourth-order valence-electron chi connectivity index (χ4n) is 4.32. The molecule has 6 nitrogen and oxygen atoms in total. The Morgan fingerprint density at radius 2 is 1.83 bits per heavy atom. The standard InChI is InChI=1S/C23H27ClN4O2/c1-27-13-10-17-14-16(8-9-20(17)27)21(28-11-4-5-12-28)15-25-22(29)23(30)26-19-7-3-2-6-18(19)24/h2-3,6-9,14,21H,4-5,10-13,15H2,1H3,(H,25,29)(H,26,30)/t21-/m1/s1. The van der Waals surface area contributed by atoms with E-state index in [1.165, 1.54) is 16.8 Å². The average molecular weight is 427 g/mol. The second-order valence-electron chi connectivity index (χ2n) is 7.96. The summed E-state index contributed by atoms with van der Waals surface area (Å²) in [4.78, 5) is 29.4. The highest BCUT2D eigenvalue weighted by Gasteiger charge is 2.27. The Morgan fingerprint density at radius 1 is 1.07 bits per heavy atom. The second-order valence-corrected chi connectivity index (χ2v) is 8.37. The van der Waals surface area contributed by atoms with Gasteiger partial charge in [-0.15, -0.1) is 0 Å². The lowest BCUT2D eigenvalue weighted by atomic mass is 10.0. The van der Waals surface area contributed by atoms with Crippen molar-refractivity contribution < 1.29 is 9.59 Å². The van der Waals surface area contributed by atoms with E-state index in [1.54, 1.807) is 24.3 Å². The molecule has 2 aromatic carbocycles. The molecule has 0 aromatic heterocycles. The van der Waals surface area contributed by atoms with Gasteiger partial charge in [0.05, 0.1) is 16.8 Å². The monoisotopic (exact) mass is 426 g/mol. The summed E-state index contributed by atoms with van der Waals surface area (Å²) in [5, 5.41) is 5.81. The molecule has 0 spiro atoms. The minimum Gasteiger partial charge on any atom is -0.374 e. The second kappa shape index (κ2) is 9.06. The van der Waals surface area contributed by atoms with E-state index in [1.807, 2.05) is 0 Å². The number of halogens is 1. The van der Waals surface area contributed by atoms with E-state index >= 15 is 0 Å². The van der Waals surface area contributed by atoms with Gasteiger partial charge in [0.1, 0.15) is 0 Å². The first-order chi connectivity index (χ1) is 14.5. The van der Waals surface area contributed by atoms with Gasteiger partial charge in [-0.05, 0) is 61.7 Å². The number of nitrogens with one attached hydrogen (secondary N) is 2. The predicted octanol–water partition coefficient (Wildman–Crippen LogP) is 3.22. The number of likely N-dealkylation sites (N-methyl/N-ethyl adjacent to an activating group) is 1. The van der Waals surface area contributed by atoms with Crippen LogP contribution in [0.5, 0.6) is 0 Å². The number of carbonyl (C=O) groups is 2. The third kappa shape index (κ3) is 4.45. The number of hydrogen-bond donors (Lipinski definition) is 2. The lowest BCUT2D eigenvalue weighted by Crippen LogP contribution is -2.41. The van der Waals surface area contributed by atoms with Crippen molar-refractivity contribution in [3.63, 3.8) is 0 Å². The number of fused-ring (bicyclic) bond motifs is 1. The molecule has 1 saturated heterocycles. The van der Waals surface area contributed by atoms with Gasteiger partial charge < -0.3 is 15.5 Å². The first kappa shape index (κ1) is 20.7. The van der Waals surface area contributed by atoms with Gasteiger partial charge in [-0.25, -0.2) is 0 Å².